The Bertz CT molecular complexity index is 521. The quantitative estimate of drug-likeness (QED) is 0.919. The zero-order valence-corrected chi connectivity index (χ0v) is 11.2. The zero-order valence-electron chi connectivity index (χ0n) is 10.5. The van der Waals surface area contributed by atoms with Crippen LogP contribution in [0.4, 0.5) is 4.39 Å². The summed E-state index contributed by atoms with van der Waals surface area (Å²) < 4.78 is 13.3. The highest BCUT2D eigenvalue weighted by Gasteiger charge is 2.31. The van der Waals surface area contributed by atoms with Gasteiger partial charge >= 0.3 is 0 Å². The van der Waals surface area contributed by atoms with Crippen molar-refractivity contribution in [2.45, 2.75) is 25.9 Å². The summed E-state index contributed by atoms with van der Waals surface area (Å²) in [5.74, 6) is -0.901. The lowest BCUT2D eigenvalue weighted by Gasteiger charge is -2.32. The predicted octanol–water partition coefficient (Wildman–Crippen LogP) is 1.72. The maximum Gasteiger partial charge on any atom is 0.245 e. The standard InChI is InChI=1S/C13H14ClFN2O2/c1-2-10-13(19)17(7-11(18)16-10)6-8-4-3-5-9(15)12(8)14/h3-5,10H,2,6-7H2,1H3,(H,16,18). The molecule has 0 saturated carbocycles. The number of piperazine rings is 1. The van der Waals surface area contributed by atoms with Gasteiger partial charge in [0.15, 0.2) is 0 Å². The van der Waals surface area contributed by atoms with E-state index in [1.165, 1.54) is 17.0 Å². The number of carbonyl (C=O) groups is 2. The van der Waals surface area contributed by atoms with E-state index in [-0.39, 0.29) is 29.9 Å². The third-order valence-corrected chi connectivity index (χ3v) is 3.50. The van der Waals surface area contributed by atoms with E-state index in [1.807, 2.05) is 6.92 Å². The highest BCUT2D eigenvalue weighted by molar-refractivity contribution is 6.31. The minimum absolute atomic E-state index is 0.00525. The molecular weight excluding hydrogens is 271 g/mol. The van der Waals surface area contributed by atoms with Crippen molar-refractivity contribution in [1.29, 1.82) is 0 Å². The SMILES string of the molecule is CCC1NC(=O)CN(Cc2cccc(F)c2Cl)C1=O. The summed E-state index contributed by atoms with van der Waals surface area (Å²) in [6.07, 6.45) is 0.526. The van der Waals surface area contributed by atoms with E-state index >= 15 is 0 Å². The molecule has 1 saturated heterocycles. The van der Waals surface area contributed by atoms with E-state index < -0.39 is 11.9 Å². The van der Waals surface area contributed by atoms with Crippen molar-refractivity contribution in [1.82, 2.24) is 10.2 Å². The summed E-state index contributed by atoms with van der Waals surface area (Å²) in [6.45, 7) is 1.93. The zero-order chi connectivity index (χ0) is 14.0. The molecule has 1 heterocycles. The molecule has 1 fully saturated rings. The Labute approximate surface area is 115 Å². The summed E-state index contributed by atoms with van der Waals surface area (Å²) in [4.78, 5) is 25.0. The monoisotopic (exact) mass is 284 g/mol. The third kappa shape index (κ3) is 2.87. The molecule has 102 valence electrons. The van der Waals surface area contributed by atoms with Crippen LogP contribution in [0.3, 0.4) is 0 Å². The van der Waals surface area contributed by atoms with Gasteiger partial charge in [0, 0.05) is 6.54 Å². The molecule has 1 atom stereocenters. The summed E-state index contributed by atoms with van der Waals surface area (Å²) >= 11 is 5.85. The van der Waals surface area contributed by atoms with Crippen LogP contribution in [0.25, 0.3) is 0 Å². The van der Waals surface area contributed by atoms with Crippen molar-refractivity contribution < 1.29 is 14.0 Å². The van der Waals surface area contributed by atoms with Crippen LogP contribution in [-0.4, -0.2) is 29.3 Å². The molecule has 2 rings (SSSR count). The second-order valence-corrected chi connectivity index (χ2v) is 4.81. The van der Waals surface area contributed by atoms with Crippen LogP contribution in [0.1, 0.15) is 18.9 Å². The van der Waals surface area contributed by atoms with E-state index in [9.17, 15) is 14.0 Å². The van der Waals surface area contributed by atoms with Crippen LogP contribution >= 0.6 is 11.6 Å². The Kier molecular flexibility index (Phi) is 4.04. The Balaban J connectivity index is 2.19. The highest BCUT2D eigenvalue weighted by Crippen LogP contribution is 2.22. The molecule has 1 unspecified atom stereocenters. The molecule has 1 N–H and O–H groups in total. The van der Waals surface area contributed by atoms with Crippen molar-refractivity contribution in [2.75, 3.05) is 6.54 Å². The molecule has 1 aliphatic heterocycles. The van der Waals surface area contributed by atoms with Crippen molar-refractivity contribution in [2.24, 2.45) is 0 Å². The van der Waals surface area contributed by atoms with E-state index in [1.54, 1.807) is 6.07 Å². The largest absolute Gasteiger partial charge is 0.343 e. The lowest BCUT2D eigenvalue weighted by Crippen LogP contribution is -2.57. The normalized spacial score (nSPS) is 19.5. The minimum Gasteiger partial charge on any atom is -0.343 e. The van der Waals surface area contributed by atoms with Crippen LogP contribution in [0.2, 0.25) is 5.02 Å². The molecule has 0 aromatic heterocycles. The van der Waals surface area contributed by atoms with E-state index in [4.69, 9.17) is 11.6 Å². The predicted molar refractivity (Wildman–Crippen MR) is 69.0 cm³/mol. The number of nitrogens with one attached hydrogen (secondary N) is 1. The first-order valence-corrected chi connectivity index (χ1v) is 6.41. The van der Waals surface area contributed by atoms with Gasteiger partial charge in [-0.15, -0.1) is 0 Å². The summed E-state index contributed by atoms with van der Waals surface area (Å²) in [7, 11) is 0. The van der Waals surface area contributed by atoms with Crippen LogP contribution in [0, 0.1) is 5.82 Å². The average molecular weight is 285 g/mol. The molecule has 19 heavy (non-hydrogen) atoms. The third-order valence-electron chi connectivity index (χ3n) is 3.08. The molecular formula is C13H14ClFN2O2. The van der Waals surface area contributed by atoms with Crippen LogP contribution < -0.4 is 5.32 Å². The van der Waals surface area contributed by atoms with Crippen LogP contribution in [0.5, 0.6) is 0 Å². The second kappa shape index (κ2) is 5.57. The first-order chi connectivity index (χ1) is 9.02. The second-order valence-electron chi connectivity index (χ2n) is 4.44. The van der Waals surface area contributed by atoms with Crippen molar-refractivity contribution in [3.8, 4) is 0 Å². The summed E-state index contributed by atoms with van der Waals surface area (Å²) in [6, 6.07) is 3.92. The van der Waals surface area contributed by atoms with Gasteiger partial charge in [-0.05, 0) is 18.1 Å². The first kappa shape index (κ1) is 13.8. The molecule has 4 nitrogen and oxygen atoms in total. The highest BCUT2D eigenvalue weighted by atomic mass is 35.5. The average Bonchev–Trinajstić information content (AvgIpc) is 2.38. The van der Waals surface area contributed by atoms with Gasteiger partial charge in [-0.1, -0.05) is 30.7 Å². The maximum absolute atomic E-state index is 13.3. The number of halogens is 2. The van der Waals surface area contributed by atoms with E-state index in [0.29, 0.717) is 12.0 Å². The molecule has 0 spiro atoms. The lowest BCUT2D eigenvalue weighted by atomic mass is 10.1. The number of benzene rings is 1. The minimum atomic E-state index is -0.528. The fourth-order valence-corrected chi connectivity index (χ4v) is 2.25. The van der Waals surface area contributed by atoms with Gasteiger partial charge < -0.3 is 10.2 Å². The molecule has 1 aliphatic rings. The molecule has 6 heteroatoms. The number of nitrogens with zero attached hydrogens (tertiary/aromatic N) is 1. The van der Waals surface area contributed by atoms with E-state index in [2.05, 4.69) is 5.32 Å². The number of rotatable bonds is 3. The molecule has 1 aromatic rings. The summed E-state index contributed by atoms with van der Waals surface area (Å²) in [5, 5.41) is 2.62. The molecule has 1 aromatic carbocycles. The van der Waals surface area contributed by atoms with Gasteiger partial charge in [0.05, 0.1) is 11.6 Å². The number of hydrogen-bond donors (Lipinski definition) is 1. The number of amides is 2. The van der Waals surface area contributed by atoms with Crippen LogP contribution in [0.15, 0.2) is 18.2 Å². The molecule has 0 bridgehead atoms. The number of carbonyl (C=O) groups excluding carboxylic acids is 2. The fourth-order valence-electron chi connectivity index (χ4n) is 2.06. The first-order valence-electron chi connectivity index (χ1n) is 6.04. The smallest absolute Gasteiger partial charge is 0.245 e. The van der Waals surface area contributed by atoms with Crippen LogP contribution in [-0.2, 0) is 16.1 Å². The van der Waals surface area contributed by atoms with Gasteiger partial charge in [-0.25, -0.2) is 4.39 Å². The maximum atomic E-state index is 13.3. The molecule has 0 radical (unpaired) electrons. The van der Waals surface area contributed by atoms with Gasteiger partial charge in [0.2, 0.25) is 11.8 Å². The van der Waals surface area contributed by atoms with Gasteiger partial charge in [-0.2, -0.15) is 0 Å². The fraction of sp³-hybridized carbons (Fsp3) is 0.385. The lowest BCUT2D eigenvalue weighted by molar-refractivity contribution is -0.144. The number of hydrogen-bond acceptors (Lipinski definition) is 2. The summed E-state index contributed by atoms with van der Waals surface area (Å²) in [5.41, 5.74) is 0.500. The van der Waals surface area contributed by atoms with Crippen molar-refractivity contribution in [3.63, 3.8) is 0 Å². The Hall–Kier alpha value is -1.62. The Morgan fingerprint density at radius 1 is 1.47 bits per heavy atom. The topological polar surface area (TPSA) is 49.4 Å². The Morgan fingerprint density at radius 3 is 2.89 bits per heavy atom. The van der Waals surface area contributed by atoms with Gasteiger partial charge in [0.1, 0.15) is 11.9 Å². The Morgan fingerprint density at radius 2 is 2.21 bits per heavy atom. The van der Waals surface area contributed by atoms with Gasteiger partial charge in [-0.3, -0.25) is 9.59 Å². The van der Waals surface area contributed by atoms with E-state index in [0.717, 1.165) is 0 Å². The van der Waals surface area contributed by atoms with Gasteiger partial charge in [0.25, 0.3) is 0 Å². The molecule has 0 aliphatic carbocycles. The van der Waals surface area contributed by atoms with Crippen molar-refractivity contribution in [3.05, 3.63) is 34.6 Å². The molecule has 2 amide bonds. The van der Waals surface area contributed by atoms with Crippen molar-refractivity contribution >= 4 is 23.4 Å².